The highest BCUT2D eigenvalue weighted by Gasteiger charge is 2.43. The van der Waals surface area contributed by atoms with Crippen LogP contribution in [0.15, 0.2) is 117 Å². The predicted octanol–water partition coefficient (Wildman–Crippen LogP) is 15.3. The summed E-state index contributed by atoms with van der Waals surface area (Å²) in [6, 6.07) is 31.8. The first kappa shape index (κ1) is 52.8. The number of allylic oxidation sites excluding steroid dienone is 1. The molecule has 1 aliphatic heterocycles. The average molecular weight is 1010 g/mol. The van der Waals surface area contributed by atoms with E-state index in [-0.39, 0.29) is 52.9 Å². The van der Waals surface area contributed by atoms with E-state index in [1.807, 2.05) is 74.5 Å². The van der Waals surface area contributed by atoms with Gasteiger partial charge >= 0.3 is 24.2 Å². The van der Waals surface area contributed by atoms with Crippen LogP contribution in [0.2, 0.25) is 0 Å². The highest BCUT2D eigenvalue weighted by atomic mass is 32.2. The van der Waals surface area contributed by atoms with E-state index in [9.17, 15) is 29.7 Å². The number of aryl methyl sites for hydroxylation is 1. The number of carbonyl (C=O) groups is 4. The van der Waals surface area contributed by atoms with Gasteiger partial charge < -0.3 is 28.4 Å². The molecule has 2 aliphatic rings. The van der Waals surface area contributed by atoms with Gasteiger partial charge in [0.2, 0.25) is 0 Å². The van der Waals surface area contributed by atoms with Crippen LogP contribution >= 0.6 is 23.5 Å². The molecule has 72 heavy (non-hydrogen) atoms. The van der Waals surface area contributed by atoms with Crippen molar-refractivity contribution < 1.29 is 47.6 Å². The molecule has 1 aliphatic carbocycles. The molecule has 0 fully saturated rings. The largest absolute Gasteiger partial charge is 0.513 e. The van der Waals surface area contributed by atoms with Crippen molar-refractivity contribution in [2.75, 3.05) is 13.2 Å². The van der Waals surface area contributed by atoms with E-state index in [0.717, 1.165) is 110 Å². The van der Waals surface area contributed by atoms with Gasteiger partial charge in [0.05, 0.1) is 38.4 Å². The van der Waals surface area contributed by atoms with E-state index in [4.69, 9.17) is 28.4 Å². The number of thioether (sulfide) groups is 2. The number of benzene rings is 5. The van der Waals surface area contributed by atoms with Gasteiger partial charge in [-0.15, -0.1) is 0 Å². The molecule has 0 aromatic heterocycles. The Hall–Kier alpha value is -7.00. The lowest BCUT2D eigenvalue weighted by molar-refractivity contribution is 0.0707. The van der Waals surface area contributed by atoms with Gasteiger partial charge in [-0.1, -0.05) is 157 Å². The van der Waals surface area contributed by atoms with Crippen molar-refractivity contribution in [2.24, 2.45) is 0 Å². The smallest absolute Gasteiger partial charge is 0.434 e. The molecule has 7 rings (SSSR count). The fourth-order valence-corrected chi connectivity index (χ4v) is 11.4. The molecule has 0 radical (unpaired) electrons. The van der Waals surface area contributed by atoms with E-state index in [1.54, 1.807) is 0 Å². The number of unbranched alkanes of at least 4 members (excludes halogenated alkanes) is 10. The van der Waals surface area contributed by atoms with Gasteiger partial charge in [0.15, 0.2) is 11.5 Å². The van der Waals surface area contributed by atoms with E-state index in [1.165, 1.54) is 61.4 Å². The molecule has 5 aromatic carbocycles. The summed E-state index contributed by atoms with van der Waals surface area (Å²) in [4.78, 5) is 54.7. The Morgan fingerprint density at radius 3 is 1.43 bits per heavy atom. The molecule has 2 unspecified atom stereocenters. The maximum absolute atomic E-state index is 14.5. The Balaban J connectivity index is 1.23. The van der Waals surface area contributed by atoms with Crippen LogP contribution in [0.25, 0.3) is 0 Å². The summed E-state index contributed by atoms with van der Waals surface area (Å²) in [6.07, 6.45) is 10.8. The first-order chi connectivity index (χ1) is 35.1. The third kappa shape index (κ3) is 12.9. The maximum atomic E-state index is 14.5. The zero-order valence-corrected chi connectivity index (χ0v) is 42.7. The first-order valence-corrected chi connectivity index (χ1v) is 26.3. The molecule has 0 spiro atoms. The van der Waals surface area contributed by atoms with Gasteiger partial charge in [-0.05, 0) is 90.6 Å². The molecule has 0 N–H and O–H groups in total. The zero-order valence-electron chi connectivity index (χ0n) is 41.1. The summed E-state index contributed by atoms with van der Waals surface area (Å²) in [5.74, 6) is -1.68. The number of nitriles is 2. The van der Waals surface area contributed by atoms with Crippen LogP contribution in [-0.4, -0.2) is 37.5 Å². The van der Waals surface area contributed by atoms with Crippen molar-refractivity contribution in [1.29, 1.82) is 10.5 Å². The van der Waals surface area contributed by atoms with Crippen molar-refractivity contribution >= 4 is 47.8 Å². The van der Waals surface area contributed by atoms with Crippen LogP contribution in [0.3, 0.4) is 0 Å². The Kier molecular flexibility index (Phi) is 19.0. The second-order valence-electron chi connectivity index (χ2n) is 17.6. The predicted molar refractivity (Wildman–Crippen MR) is 276 cm³/mol. The van der Waals surface area contributed by atoms with Crippen LogP contribution in [0.4, 0.5) is 9.59 Å². The minimum atomic E-state index is -0.840. The summed E-state index contributed by atoms with van der Waals surface area (Å²) in [6.45, 7) is 8.81. The van der Waals surface area contributed by atoms with Gasteiger partial charge in [-0.3, -0.25) is 0 Å². The van der Waals surface area contributed by atoms with Crippen molar-refractivity contribution in [2.45, 2.75) is 126 Å². The van der Waals surface area contributed by atoms with E-state index >= 15 is 0 Å². The summed E-state index contributed by atoms with van der Waals surface area (Å²) >= 11 is 2.18. The van der Waals surface area contributed by atoms with Crippen LogP contribution < -0.4 is 18.9 Å². The number of hydrogen-bond donors (Lipinski definition) is 0. The number of hydrogen-bond acceptors (Lipinski definition) is 14. The highest BCUT2D eigenvalue weighted by Crippen LogP contribution is 2.65. The van der Waals surface area contributed by atoms with Gasteiger partial charge in [0.1, 0.15) is 29.2 Å². The van der Waals surface area contributed by atoms with Gasteiger partial charge in [0, 0.05) is 23.0 Å². The highest BCUT2D eigenvalue weighted by molar-refractivity contribution is 8.24. The summed E-state index contributed by atoms with van der Waals surface area (Å²) < 4.78 is 34.8. The summed E-state index contributed by atoms with van der Waals surface area (Å²) in [7, 11) is 0. The molecular weight excluding hydrogens is 949 g/mol. The number of carbonyl (C=O) groups excluding carboxylic acids is 4. The SMILES string of the molecule is CCCCCCCCOC(=O)Oc1ccc(C(=O)Oc2c3c(c(OC(=O)c4ccc(OC(=O)OCCCCCCCC)cc4)c4c2C(C)c2ccccc2C4c2ccccc2C)SC(=C(C#N)C#N)S3)cc1. The number of esters is 2. The summed E-state index contributed by atoms with van der Waals surface area (Å²) in [5.41, 5.74) is 5.08. The normalized spacial score (nSPS) is 14.1. The number of rotatable bonds is 21. The Labute approximate surface area is 430 Å². The van der Waals surface area contributed by atoms with Gasteiger partial charge in [-0.2, -0.15) is 10.5 Å². The van der Waals surface area contributed by atoms with Crippen LogP contribution in [0.5, 0.6) is 23.0 Å². The lowest BCUT2D eigenvalue weighted by atomic mass is 9.69. The Bertz CT molecular complexity index is 2870. The van der Waals surface area contributed by atoms with E-state index in [2.05, 4.69) is 13.8 Å². The van der Waals surface area contributed by atoms with Crippen LogP contribution in [-0.2, 0) is 9.47 Å². The molecular formula is C58H58N2O10S2. The van der Waals surface area contributed by atoms with Crippen molar-refractivity contribution in [3.63, 3.8) is 0 Å². The Morgan fingerprint density at radius 2 is 0.958 bits per heavy atom. The Morgan fingerprint density at radius 1 is 0.528 bits per heavy atom. The van der Waals surface area contributed by atoms with Crippen molar-refractivity contribution in [1.82, 2.24) is 0 Å². The summed E-state index contributed by atoms with van der Waals surface area (Å²) in [5, 5.41) is 20.2. The molecule has 14 heteroatoms. The topological polar surface area (TPSA) is 171 Å². The fourth-order valence-electron chi connectivity index (χ4n) is 8.89. The number of ether oxygens (including phenoxy) is 6. The van der Waals surface area contributed by atoms with Crippen LogP contribution in [0.1, 0.15) is 164 Å². The van der Waals surface area contributed by atoms with Gasteiger partial charge in [0.25, 0.3) is 0 Å². The molecule has 0 amide bonds. The third-order valence-corrected chi connectivity index (χ3v) is 15.2. The first-order valence-electron chi connectivity index (χ1n) is 24.7. The minimum absolute atomic E-state index is 0.150. The van der Waals surface area contributed by atoms with E-state index < -0.39 is 36.1 Å². The lowest BCUT2D eigenvalue weighted by Gasteiger charge is -2.36. The van der Waals surface area contributed by atoms with Crippen molar-refractivity contribution in [3.8, 4) is 35.1 Å². The molecule has 1 heterocycles. The number of nitrogens with zero attached hydrogens (tertiary/aromatic N) is 2. The molecule has 0 bridgehead atoms. The molecule has 0 saturated carbocycles. The molecule has 0 saturated heterocycles. The van der Waals surface area contributed by atoms with E-state index in [0.29, 0.717) is 25.2 Å². The molecule has 2 atom stereocenters. The monoisotopic (exact) mass is 1010 g/mol. The molecule has 12 nitrogen and oxygen atoms in total. The number of fused-ring (bicyclic) bond motifs is 3. The molecule has 5 aromatic rings. The zero-order chi connectivity index (χ0) is 51.0. The third-order valence-electron chi connectivity index (χ3n) is 12.6. The lowest BCUT2D eigenvalue weighted by Crippen LogP contribution is -2.23. The van der Waals surface area contributed by atoms with Crippen LogP contribution in [0, 0.1) is 29.6 Å². The second kappa shape index (κ2) is 25.9. The quantitative estimate of drug-likeness (QED) is 0.0223. The maximum Gasteiger partial charge on any atom is 0.513 e. The minimum Gasteiger partial charge on any atom is -0.434 e. The average Bonchev–Trinajstić information content (AvgIpc) is 3.83. The standard InChI is InChI=1S/C58H58N2O10S2/c1-5-7-9-11-13-19-33-65-57(63)67-42-29-25-39(26-30-42)54(61)69-50-47-38(4)45-23-17-18-24-46(45)48(44-22-16-15-21-37(44)3)49(47)51(53-52(50)71-56(72-53)41(35-59)36-60)70-55(62)40-27-31-43(32-28-40)68-58(64)66-34-20-14-12-10-8-6-2/h15-18,21-32,38,48H,5-14,19-20,33-34H2,1-4H3. The van der Waals surface area contributed by atoms with Crippen molar-refractivity contribution in [3.05, 3.63) is 151 Å². The second-order valence-corrected chi connectivity index (χ2v) is 19.9. The van der Waals surface area contributed by atoms with Gasteiger partial charge in [-0.25, -0.2) is 19.2 Å². The fraction of sp³-hybridized carbons (Fsp3) is 0.345. The molecule has 372 valence electrons.